The fraction of sp³-hybridized carbons (Fsp3) is 0.588. The number of para-hydroxylation sites is 1. The van der Waals surface area contributed by atoms with Crippen molar-refractivity contribution in [3.05, 3.63) is 29.3 Å². The molecule has 1 amide bonds. The Balaban J connectivity index is 2.32. The van der Waals surface area contributed by atoms with Gasteiger partial charge in [0.25, 0.3) is 0 Å². The fourth-order valence-electron chi connectivity index (χ4n) is 2.60. The molecule has 0 heterocycles. The van der Waals surface area contributed by atoms with Crippen LogP contribution >= 0.6 is 0 Å². The zero-order valence-corrected chi connectivity index (χ0v) is 12.7. The van der Waals surface area contributed by atoms with E-state index in [0.717, 1.165) is 12.1 Å². The first-order valence-electron chi connectivity index (χ1n) is 7.35. The van der Waals surface area contributed by atoms with Crippen LogP contribution in [0.3, 0.4) is 0 Å². The van der Waals surface area contributed by atoms with E-state index in [4.69, 9.17) is 0 Å². The molecule has 2 unspecified atom stereocenters. The van der Waals surface area contributed by atoms with Crippen molar-refractivity contribution in [1.29, 1.82) is 0 Å². The molecule has 1 aliphatic rings. The Hall–Kier alpha value is -1.31. The van der Waals surface area contributed by atoms with E-state index < -0.39 is 0 Å². The first-order valence-corrected chi connectivity index (χ1v) is 7.35. The lowest BCUT2D eigenvalue weighted by Crippen LogP contribution is -2.18. The summed E-state index contributed by atoms with van der Waals surface area (Å²) in [6.07, 6.45) is 1.03. The van der Waals surface area contributed by atoms with Gasteiger partial charge >= 0.3 is 0 Å². The molecule has 0 saturated heterocycles. The zero-order chi connectivity index (χ0) is 14.2. The molecule has 1 N–H and O–H groups in total. The molecular weight excluding hydrogens is 234 g/mol. The van der Waals surface area contributed by atoms with Crippen molar-refractivity contribution in [2.24, 2.45) is 11.8 Å². The van der Waals surface area contributed by atoms with E-state index in [1.165, 1.54) is 11.1 Å². The number of nitrogens with one attached hydrogen (secondary N) is 1. The van der Waals surface area contributed by atoms with Gasteiger partial charge in [-0.1, -0.05) is 52.8 Å². The second kappa shape index (κ2) is 5.36. The van der Waals surface area contributed by atoms with E-state index in [2.05, 4.69) is 58.1 Å². The minimum Gasteiger partial charge on any atom is -0.325 e. The number of amides is 1. The number of carbonyl (C=O) groups excluding carboxylic acids is 1. The highest BCUT2D eigenvalue weighted by molar-refractivity contribution is 5.96. The third-order valence-electron chi connectivity index (χ3n) is 4.07. The second-order valence-corrected chi connectivity index (χ2v) is 6.43. The number of hydrogen-bond acceptors (Lipinski definition) is 1. The molecule has 1 saturated carbocycles. The van der Waals surface area contributed by atoms with Gasteiger partial charge in [-0.15, -0.1) is 0 Å². The van der Waals surface area contributed by atoms with Crippen molar-refractivity contribution in [2.75, 3.05) is 5.32 Å². The van der Waals surface area contributed by atoms with Crippen molar-refractivity contribution in [3.63, 3.8) is 0 Å². The highest BCUT2D eigenvalue weighted by Gasteiger charge is 2.39. The highest BCUT2D eigenvalue weighted by Crippen LogP contribution is 2.40. The summed E-state index contributed by atoms with van der Waals surface area (Å²) in [5, 5.41) is 3.20. The van der Waals surface area contributed by atoms with E-state index in [1.807, 2.05) is 0 Å². The molecule has 0 bridgehead atoms. The molecular formula is C17H25NO. The van der Waals surface area contributed by atoms with E-state index in [-0.39, 0.29) is 11.8 Å². The third-order valence-corrected chi connectivity index (χ3v) is 4.07. The Kier molecular flexibility index (Phi) is 3.98. The molecule has 19 heavy (non-hydrogen) atoms. The normalized spacial score (nSPS) is 21.8. The number of benzene rings is 1. The summed E-state index contributed by atoms with van der Waals surface area (Å²) in [5.74, 6) is 1.81. The minimum absolute atomic E-state index is 0.197. The Morgan fingerprint density at radius 3 is 2.00 bits per heavy atom. The van der Waals surface area contributed by atoms with E-state index in [0.29, 0.717) is 17.8 Å². The van der Waals surface area contributed by atoms with Gasteiger partial charge in [-0.3, -0.25) is 4.79 Å². The summed E-state index contributed by atoms with van der Waals surface area (Å²) >= 11 is 0. The lowest BCUT2D eigenvalue weighted by atomic mass is 9.92. The van der Waals surface area contributed by atoms with E-state index >= 15 is 0 Å². The third kappa shape index (κ3) is 2.99. The van der Waals surface area contributed by atoms with Gasteiger partial charge in [0.05, 0.1) is 0 Å². The molecule has 1 aliphatic carbocycles. The van der Waals surface area contributed by atoms with Crippen LogP contribution < -0.4 is 5.32 Å². The van der Waals surface area contributed by atoms with Crippen molar-refractivity contribution >= 4 is 11.6 Å². The molecule has 0 radical (unpaired) electrons. The molecule has 0 aromatic heterocycles. The summed E-state index contributed by atoms with van der Waals surface area (Å²) in [7, 11) is 0. The SMILES string of the molecule is CC(C)c1cccc(C(C)C)c1NC(=O)C1CC1C. The van der Waals surface area contributed by atoms with Gasteiger partial charge < -0.3 is 5.32 Å². The Labute approximate surface area is 116 Å². The number of hydrogen-bond donors (Lipinski definition) is 1. The molecule has 2 heteroatoms. The first kappa shape index (κ1) is 14.1. The highest BCUT2D eigenvalue weighted by atomic mass is 16.2. The van der Waals surface area contributed by atoms with Crippen molar-refractivity contribution in [1.82, 2.24) is 0 Å². The average Bonchev–Trinajstić information content (AvgIpc) is 3.06. The number of anilines is 1. The monoisotopic (exact) mass is 259 g/mol. The summed E-state index contributed by atoms with van der Waals surface area (Å²) in [4.78, 5) is 12.2. The van der Waals surface area contributed by atoms with Crippen molar-refractivity contribution < 1.29 is 4.79 Å². The van der Waals surface area contributed by atoms with E-state index in [9.17, 15) is 4.79 Å². The molecule has 2 rings (SSSR count). The van der Waals surface area contributed by atoms with Crippen LogP contribution in [-0.4, -0.2) is 5.91 Å². The number of rotatable bonds is 4. The van der Waals surface area contributed by atoms with Gasteiger partial charge in [-0.05, 0) is 35.3 Å². The van der Waals surface area contributed by atoms with Crippen molar-refractivity contribution in [2.45, 2.75) is 52.9 Å². The molecule has 104 valence electrons. The molecule has 1 aromatic rings. The van der Waals surface area contributed by atoms with Crippen LogP contribution in [0.1, 0.15) is 64.0 Å². The van der Waals surface area contributed by atoms with Gasteiger partial charge in [0.15, 0.2) is 0 Å². The van der Waals surface area contributed by atoms with Crippen LogP contribution in [0.5, 0.6) is 0 Å². The van der Waals surface area contributed by atoms with Gasteiger partial charge in [-0.2, -0.15) is 0 Å². The second-order valence-electron chi connectivity index (χ2n) is 6.43. The largest absolute Gasteiger partial charge is 0.325 e. The quantitative estimate of drug-likeness (QED) is 0.845. The van der Waals surface area contributed by atoms with Crippen LogP contribution in [0.4, 0.5) is 5.69 Å². The fourth-order valence-corrected chi connectivity index (χ4v) is 2.60. The lowest BCUT2D eigenvalue weighted by molar-refractivity contribution is -0.117. The van der Waals surface area contributed by atoms with Crippen LogP contribution in [0.15, 0.2) is 18.2 Å². The van der Waals surface area contributed by atoms with Gasteiger partial charge in [0.1, 0.15) is 0 Å². The smallest absolute Gasteiger partial charge is 0.227 e. The maximum Gasteiger partial charge on any atom is 0.227 e. The molecule has 1 fully saturated rings. The van der Waals surface area contributed by atoms with Crippen LogP contribution in [0.25, 0.3) is 0 Å². The standard InChI is InChI=1S/C17H25NO/c1-10(2)13-7-6-8-14(11(3)4)16(13)18-17(19)15-9-12(15)5/h6-8,10-12,15H,9H2,1-5H3,(H,18,19). The molecule has 1 aromatic carbocycles. The maximum atomic E-state index is 12.2. The van der Waals surface area contributed by atoms with Crippen LogP contribution in [-0.2, 0) is 4.79 Å². The topological polar surface area (TPSA) is 29.1 Å². The predicted molar refractivity (Wildman–Crippen MR) is 80.5 cm³/mol. The van der Waals surface area contributed by atoms with E-state index in [1.54, 1.807) is 0 Å². The van der Waals surface area contributed by atoms with Crippen LogP contribution in [0.2, 0.25) is 0 Å². The average molecular weight is 259 g/mol. The summed E-state index contributed by atoms with van der Waals surface area (Å²) in [6, 6.07) is 6.35. The lowest BCUT2D eigenvalue weighted by Gasteiger charge is -2.20. The zero-order valence-electron chi connectivity index (χ0n) is 12.7. The molecule has 2 nitrogen and oxygen atoms in total. The Bertz CT molecular complexity index is 450. The van der Waals surface area contributed by atoms with Gasteiger partial charge in [0, 0.05) is 11.6 Å². The predicted octanol–water partition coefficient (Wildman–Crippen LogP) is 4.53. The van der Waals surface area contributed by atoms with Gasteiger partial charge in [-0.25, -0.2) is 0 Å². The van der Waals surface area contributed by atoms with Crippen LogP contribution in [0, 0.1) is 11.8 Å². The maximum absolute atomic E-state index is 12.2. The van der Waals surface area contributed by atoms with Gasteiger partial charge in [0.2, 0.25) is 5.91 Å². The molecule has 0 aliphatic heterocycles. The summed E-state index contributed by atoms with van der Waals surface area (Å²) in [5.41, 5.74) is 3.54. The Morgan fingerprint density at radius 1 is 1.16 bits per heavy atom. The molecule has 0 spiro atoms. The molecule has 2 atom stereocenters. The number of carbonyl (C=O) groups is 1. The summed E-state index contributed by atoms with van der Waals surface area (Å²) in [6.45, 7) is 10.8. The first-order chi connectivity index (χ1) is 8.91. The minimum atomic E-state index is 0.197. The van der Waals surface area contributed by atoms with Crippen molar-refractivity contribution in [3.8, 4) is 0 Å². The Morgan fingerprint density at radius 2 is 1.63 bits per heavy atom. The summed E-state index contributed by atoms with van der Waals surface area (Å²) < 4.78 is 0.